The molecule has 0 saturated heterocycles. The lowest BCUT2D eigenvalue weighted by Gasteiger charge is -2.22. The number of fused-ring (bicyclic) bond motifs is 1. The topological polar surface area (TPSA) is 20.2 Å². The van der Waals surface area contributed by atoms with Gasteiger partial charge in [-0.3, -0.25) is 0 Å². The second-order valence-electron chi connectivity index (χ2n) is 5.26. The first-order chi connectivity index (χ1) is 9.70. The quantitative estimate of drug-likeness (QED) is 0.847. The Balaban J connectivity index is 2.12. The van der Waals surface area contributed by atoms with Crippen molar-refractivity contribution in [2.75, 3.05) is 0 Å². The van der Waals surface area contributed by atoms with E-state index < -0.39 is 0 Å². The van der Waals surface area contributed by atoms with Crippen molar-refractivity contribution in [3.8, 4) is 0 Å². The number of hydrogen-bond acceptors (Lipinski definition) is 1. The molecular formula is C18H17BrO. The van der Waals surface area contributed by atoms with E-state index in [1.807, 2.05) is 6.07 Å². The van der Waals surface area contributed by atoms with Gasteiger partial charge >= 0.3 is 0 Å². The number of aryl methyl sites for hydroxylation is 2. The third kappa shape index (κ3) is 2.34. The minimum atomic E-state index is 0.110. The normalized spacial score (nSPS) is 14.3. The van der Waals surface area contributed by atoms with Crippen molar-refractivity contribution >= 4 is 26.0 Å². The van der Waals surface area contributed by atoms with Crippen molar-refractivity contribution in [1.82, 2.24) is 0 Å². The van der Waals surface area contributed by atoms with Crippen LogP contribution in [0.5, 0.6) is 0 Å². The van der Waals surface area contributed by atoms with E-state index in [9.17, 15) is 5.11 Å². The summed E-state index contributed by atoms with van der Waals surface area (Å²) in [5.41, 5.74) is 7.59. The van der Waals surface area contributed by atoms with Gasteiger partial charge in [-0.2, -0.15) is 0 Å². The molecule has 1 N–H and O–H groups in total. The fraction of sp³-hybridized carbons (Fsp3) is 0.222. The highest BCUT2D eigenvalue weighted by atomic mass is 79.9. The summed E-state index contributed by atoms with van der Waals surface area (Å²) in [6.07, 6.45) is 2.06. The summed E-state index contributed by atoms with van der Waals surface area (Å²) in [6.45, 7) is 2.27. The van der Waals surface area contributed by atoms with Crippen LogP contribution in [0.15, 0.2) is 42.5 Å². The fourth-order valence-corrected chi connectivity index (χ4v) is 3.66. The molecule has 102 valence electrons. The number of halogens is 1. The van der Waals surface area contributed by atoms with E-state index in [-0.39, 0.29) is 6.61 Å². The van der Waals surface area contributed by atoms with Crippen molar-refractivity contribution in [1.29, 1.82) is 0 Å². The van der Waals surface area contributed by atoms with Gasteiger partial charge in [0, 0.05) is 4.48 Å². The minimum Gasteiger partial charge on any atom is -0.392 e. The maximum Gasteiger partial charge on any atom is 0.0681 e. The van der Waals surface area contributed by atoms with Gasteiger partial charge in [0.05, 0.1) is 6.61 Å². The molecule has 3 rings (SSSR count). The molecule has 0 spiro atoms. The van der Waals surface area contributed by atoms with Gasteiger partial charge in [0.1, 0.15) is 0 Å². The highest BCUT2D eigenvalue weighted by Crippen LogP contribution is 2.41. The molecule has 0 bridgehead atoms. The Bertz CT molecular complexity index is 686. The molecule has 0 radical (unpaired) electrons. The Kier molecular flexibility index (Phi) is 3.77. The number of benzene rings is 2. The van der Waals surface area contributed by atoms with Crippen LogP contribution in [0, 0.1) is 6.92 Å². The fourth-order valence-electron chi connectivity index (χ4n) is 2.86. The van der Waals surface area contributed by atoms with Gasteiger partial charge in [-0.25, -0.2) is 0 Å². The largest absolute Gasteiger partial charge is 0.392 e. The molecule has 0 heterocycles. The number of rotatable bonds is 2. The van der Waals surface area contributed by atoms with Gasteiger partial charge in [-0.05, 0) is 69.1 Å². The molecular weight excluding hydrogens is 312 g/mol. The first-order valence-corrected chi connectivity index (χ1v) is 7.67. The molecule has 1 aliphatic carbocycles. The van der Waals surface area contributed by atoms with Crippen molar-refractivity contribution in [3.05, 3.63) is 70.3 Å². The van der Waals surface area contributed by atoms with E-state index in [2.05, 4.69) is 59.3 Å². The summed E-state index contributed by atoms with van der Waals surface area (Å²) >= 11 is 3.79. The van der Waals surface area contributed by atoms with E-state index in [1.165, 1.54) is 32.3 Å². The van der Waals surface area contributed by atoms with Crippen LogP contribution >= 0.6 is 15.9 Å². The summed E-state index contributed by atoms with van der Waals surface area (Å²) in [4.78, 5) is 0. The van der Waals surface area contributed by atoms with Crippen LogP contribution in [-0.4, -0.2) is 5.11 Å². The molecule has 0 unspecified atom stereocenters. The van der Waals surface area contributed by atoms with Crippen molar-refractivity contribution < 1.29 is 5.11 Å². The first-order valence-electron chi connectivity index (χ1n) is 6.88. The monoisotopic (exact) mass is 328 g/mol. The third-order valence-corrected chi connectivity index (χ3v) is 4.87. The van der Waals surface area contributed by atoms with Gasteiger partial charge in [-0.1, -0.05) is 42.5 Å². The Morgan fingerprint density at radius 2 is 1.85 bits per heavy atom. The molecule has 2 heteroatoms. The molecule has 0 amide bonds. The van der Waals surface area contributed by atoms with Crippen LogP contribution in [0.4, 0.5) is 0 Å². The molecule has 1 aliphatic rings. The standard InChI is InChI=1S/C18H17BrO/c1-12-4-2-3-5-15(12)17-9-7-14-10-13(11-20)6-8-16(14)18(17)19/h2-6,8,10,20H,7,9,11H2,1H3. The number of allylic oxidation sites excluding steroid dienone is 1. The van der Waals surface area contributed by atoms with E-state index in [4.69, 9.17) is 0 Å². The summed E-state index contributed by atoms with van der Waals surface area (Å²) in [6, 6.07) is 14.8. The summed E-state index contributed by atoms with van der Waals surface area (Å²) < 4.78 is 1.19. The van der Waals surface area contributed by atoms with Gasteiger partial charge < -0.3 is 5.11 Å². The van der Waals surface area contributed by atoms with E-state index in [0.717, 1.165) is 18.4 Å². The molecule has 0 atom stereocenters. The zero-order valence-corrected chi connectivity index (χ0v) is 13.1. The van der Waals surface area contributed by atoms with Gasteiger partial charge in [0.15, 0.2) is 0 Å². The molecule has 0 aliphatic heterocycles. The Labute approximate surface area is 128 Å². The number of aliphatic hydroxyl groups excluding tert-OH is 1. The van der Waals surface area contributed by atoms with Crippen molar-refractivity contribution in [2.24, 2.45) is 0 Å². The molecule has 1 nitrogen and oxygen atoms in total. The smallest absolute Gasteiger partial charge is 0.0681 e. The zero-order chi connectivity index (χ0) is 14.1. The molecule has 0 aromatic heterocycles. The second-order valence-corrected chi connectivity index (χ2v) is 6.05. The molecule has 0 saturated carbocycles. The van der Waals surface area contributed by atoms with Gasteiger partial charge in [0.25, 0.3) is 0 Å². The average Bonchev–Trinajstić information content (AvgIpc) is 2.48. The SMILES string of the molecule is Cc1ccccc1C1=C(Br)c2ccc(CO)cc2CC1. The lowest BCUT2D eigenvalue weighted by molar-refractivity contribution is 0.281. The number of aliphatic hydroxyl groups is 1. The molecule has 2 aromatic rings. The van der Waals surface area contributed by atoms with Crippen molar-refractivity contribution in [3.63, 3.8) is 0 Å². The Morgan fingerprint density at radius 1 is 1.05 bits per heavy atom. The lowest BCUT2D eigenvalue weighted by Crippen LogP contribution is -2.04. The summed E-state index contributed by atoms with van der Waals surface area (Å²) in [5, 5.41) is 9.25. The maximum atomic E-state index is 9.25. The molecule has 0 fully saturated rings. The van der Waals surface area contributed by atoms with E-state index in [1.54, 1.807) is 0 Å². The van der Waals surface area contributed by atoms with Crippen LogP contribution in [0.2, 0.25) is 0 Å². The average molecular weight is 329 g/mol. The van der Waals surface area contributed by atoms with Crippen LogP contribution in [0.3, 0.4) is 0 Å². The minimum absolute atomic E-state index is 0.110. The predicted molar refractivity (Wildman–Crippen MR) is 87.6 cm³/mol. The lowest BCUT2D eigenvalue weighted by atomic mass is 9.86. The first kappa shape index (κ1) is 13.6. The van der Waals surface area contributed by atoms with Gasteiger partial charge in [-0.15, -0.1) is 0 Å². The number of hydrogen-bond donors (Lipinski definition) is 1. The highest BCUT2D eigenvalue weighted by molar-refractivity contribution is 9.15. The van der Waals surface area contributed by atoms with Crippen molar-refractivity contribution in [2.45, 2.75) is 26.4 Å². The van der Waals surface area contributed by atoms with Crippen LogP contribution in [0.25, 0.3) is 10.1 Å². The van der Waals surface area contributed by atoms with E-state index >= 15 is 0 Å². The predicted octanol–water partition coefficient (Wildman–Crippen LogP) is 4.70. The molecule has 2 aromatic carbocycles. The zero-order valence-electron chi connectivity index (χ0n) is 11.5. The Hall–Kier alpha value is -1.38. The Morgan fingerprint density at radius 3 is 2.60 bits per heavy atom. The van der Waals surface area contributed by atoms with E-state index in [0.29, 0.717) is 0 Å². The van der Waals surface area contributed by atoms with Crippen LogP contribution < -0.4 is 0 Å². The van der Waals surface area contributed by atoms with Crippen LogP contribution in [0.1, 0.15) is 34.2 Å². The second kappa shape index (κ2) is 5.55. The van der Waals surface area contributed by atoms with Crippen LogP contribution in [-0.2, 0) is 13.0 Å². The van der Waals surface area contributed by atoms with Gasteiger partial charge in [0.2, 0.25) is 0 Å². The molecule has 20 heavy (non-hydrogen) atoms. The summed E-state index contributed by atoms with van der Waals surface area (Å²) in [5.74, 6) is 0. The maximum absolute atomic E-state index is 9.25. The summed E-state index contributed by atoms with van der Waals surface area (Å²) in [7, 11) is 0. The third-order valence-electron chi connectivity index (χ3n) is 3.97. The highest BCUT2D eigenvalue weighted by Gasteiger charge is 2.19.